The van der Waals surface area contributed by atoms with E-state index in [1.807, 2.05) is 6.20 Å². The summed E-state index contributed by atoms with van der Waals surface area (Å²) < 4.78 is 1.10. The molecule has 3 aromatic carbocycles. The van der Waals surface area contributed by atoms with Crippen molar-refractivity contribution >= 4 is 27.6 Å². The lowest BCUT2D eigenvalue weighted by atomic mass is 9.78. The molecule has 4 nitrogen and oxygen atoms in total. The van der Waals surface area contributed by atoms with Crippen molar-refractivity contribution in [2.45, 2.75) is 38.0 Å². The van der Waals surface area contributed by atoms with Gasteiger partial charge in [0.25, 0.3) is 0 Å². The summed E-state index contributed by atoms with van der Waals surface area (Å²) >= 11 is 3.56. The van der Waals surface area contributed by atoms with E-state index in [0.717, 1.165) is 35.2 Å². The van der Waals surface area contributed by atoms with E-state index in [0.29, 0.717) is 11.9 Å². The first-order chi connectivity index (χ1) is 17.7. The number of likely N-dealkylation sites (tertiary alicyclic amines) is 1. The minimum absolute atomic E-state index is 0.307. The van der Waals surface area contributed by atoms with Crippen LogP contribution in [0.3, 0.4) is 0 Å². The number of halogens is 1. The normalized spacial score (nSPS) is 17.3. The summed E-state index contributed by atoms with van der Waals surface area (Å²) in [6, 6.07) is 26.1. The Hall–Kier alpha value is -3.02. The van der Waals surface area contributed by atoms with E-state index in [9.17, 15) is 0 Å². The lowest BCUT2D eigenvalue weighted by Crippen LogP contribution is -2.31. The maximum Gasteiger partial charge on any atom is 0.227 e. The monoisotopic (exact) mass is 538 g/mol. The molecule has 1 aliphatic heterocycles. The molecule has 1 saturated heterocycles. The van der Waals surface area contributed by atoms with Crippen LogP contribution in [-0.2, 0) is 12.8 Å². The van der Waals surface area contributed by atoms with Crippen LogP contribution in [0.5, 0.6) is 0 Å². The molecular formula is C31H31BrN4. The van der Waals surface area contributed by atoms with Crippen LogP contribution < -0.4 is 5.32 Å². The van der Waals surface area contributed by atoms with Gasteiger partial charge in [0.2, 0.25) is 5.95 Å². The van der Waals surface area contributed by atoms with Crippen molar-refractivity contribution in [3.05, 3.63) is 106 Å². The number of fused-ring (bicyclic) bond motifs is 3. The highest BCUT2D eigenvalue weighted by Gasteiger charge is 2.27. The van der Waals surface area contributed by atoms with E-state index in [1.165, 1.54) is 60.2 Å². The lowest BCUT2D eigenvalue weighted by molar-refractivity contribution is 0.231. The van der Waals surface area contributed by atoms with Crippen molar-refractivity contribution in [1.82, 2.24) is 14.9 Å². The van der Waals surface area contributed by atoms with Gasteiger partial charge in [0.15, 0.2) is 0 Å². The van der Waals surface area contributed by atoms with Gasteiger partial charge in [-0.05, 0) is 85.3 Å². The van der Waals surface area contributed by atoms with Crippen molar-refractivity contribution in [2.24, 2.45) is 0 Å². The molecule has 182 valence electrons. The first-order valence-electron chi connectivity index (χ1n) is 13.0. The number of nitrogens with zero attached hydrogens (tertiary/aromatic N) is 3. The Labute approximate surface area is 221 Å². The molecule has 1 aliphatic carbocycles. The van der Waals surface area contributed by atoms with Gasteiger partial charge in [-0.15, -0.1) is 0 Å². The fourth-order valence-electron chi connectivity index (χ4n) is 5.54. The van der Waals surface area contributed by atoms with Crippen LogP contribution in [0.25, 0.3) is 11.3 Å². The summed E-state index contributed by atoms with van der Waals surface area (Å²) in [5.41, 5.74) is 8.48. The molecule has 0 spiro atoms. The zero-order valence-corrected chi connectivity index (χ0v) is 22.0. The molecular weight excluding hydrogens is 508 g/mol. The summed E-state index contributed by atoms with van der Waals surface area (Å²) in [6.45, 7) is 3.66. The average Bonchev–Trinajstić information content (AvgIpc) is 2.93. The Morgan fingerprint density at radius 2 is 1.67 bits per heavy atom. The van der Waals surface area contributed by atoms with Gasteiger partial charge < -0.3 is 10.2 Å². The number of hydrogen-bond donors (Lipinski definition) is 1. The molecule has 1 fully saturated rings. The number of benzene rings is 3. The maximum absolute atomic E-state index is 4.98. The molecule has 1 aromatic heterocycles. The van der Waals surface area contributed by atoms with Gasteiger partial charge in [-0.25, -0.2) is 9.97 Å². The number of nitrogens with one attached hydrogen (secondary N) is 1. The molecule has 0 bridgehead atoms. The minimum atomic E-state index is 0.307. The number of aromatic nitrogens is 2. The molecule has 4 aromatic rings. The molecule has 5 heteroatoms. The van der Waals surface area contributed by atoms with Crippen LogP contribution in [-0.4, -0.2) is 34.5 Å². The predicted molar refractivity (Wildman–Crippen MR) is 151 cm³/mol. The molecule has 2 aliphatic rings. The number of hydrogen-bond acceptors (Lipinski definition) is 4. The average molecular weight is 540 g/mol. The number of piperidine rings is 1. The highest BCUT2D eigenvalue weighted by atomic mass is 79.9. The zero-order valence-electron chi connectivity index (χ0n) is 20.5. The lowest BCUT2D eigenvalue weighted by Gasteiger charge is -2.27. The van der Waals surface area contributed by atoms with E-state index in [1.54, 1.807) is 0 Å². The van der Waals surface area contributed by atoms with Crippen LogP contribution in [0.15, 0.2) is 83.5 Å². The first kappa shape index (κ1) is 23.4. The summed E-state index contributed by atoms with van der Waals surface area (Å²) in [4.78, 5) is 12.3. The summed E-state index contributed by atoms with van der Waals surface area (Å²) in [5, 5.41) is 3.43. The Bertz CT molecular complexity index is 1330. The van der Waals surface area contributed by atoms with E-state index in [4.69, 9.17) is 4.98 Å². The highest BCUT2D eigenvalue weighted by molar-refractivity contribution is 9.10. The van der Waals surface area contributed by atoms with E-state index < -0.39 is 0 Å². The van der Waals surface area contributed by atoms with Crippen molar-refractivity contribution < 1.29 is 0 Å². The summed E-state index contributed by atoms with van der Waals surface area (Å²) in [5.74, 6) is 0.952. The van der Waals surface area contributed by atoms with Crippen LogP contribution in [0, 0.1) is 0 Å². The quantitative estimate of drug-likeness (QED) is 0.278. The second-order valence-corrected chi connectivity index (χ2v) is 10.9. The Balaban J connectivity index is 1.19. The molecule has 36 heavy (non-hydrogen) atoms. The summed E-state index contributed by atoms with van der Waals surface area (Å²) in [7, 11) is 0. The molecule has 1 atom stereocenters. The Kier molecular flexibility index (Phi) is 6.84. The minimum Gasteiger partial charge on any atom is -0.324 e. The number of anilines is 2. The second-order valence-electron chi connectivity index (χ2n) is 9.94. The molecule has 0 unspecified atom stereocenters. The second kappa shape index (κ2) is 10.5. The molecule has 6 rings (SSSR count). The van der Waals surface area contributed by atoms with E-state index in [2.05, 4.69) is 104 Å². The fraction of sp³-hybridized carbons (Fsp3) is 0.290. The predicted octanol–water partition coefficient (Wildman–Crippen LogP) is 7.37. The van der Waals surface area contributed by atoms with Crippen LogP contribution in [0.1, 0.15) is 47.4 Å². The molecule has 0 radical (unpaired) electrons. The first-order valence-corrected chi connectivity index (χ1v) is 13.8. The summed E-state index contributed by atoms with van der Waals surface area (Å²) in [6.07, 6.45) is 8.09. The number of rotatable bonds is 6. The Morgan fingerprint density at radius 3 is 2.47 bits per heavy atom. The van der Waals surface area contributed by atoms with Crippen molar-refractivity contribution in [3.8, 4) is 11.3 Å². The molecule has 2 heterocycles. The van der Waals surface area contributed by atoms with Gasteiger partial charge in [-0.2, -0.15) is 0 Å². The topological polar surface area (TPSA) is 41.1 Å². The zero-order chi connectivity index (χ0) is 24.3. The van der Waals surface area contributed by atoms with Gasteiger partial charge in [0, 0.05) is 34.4 Å². The standard InChI is InChI=1S/C31H31BrN4/c32-25-12-10-23(11-13-25)29-20-24-21-33-31(35-30(24)28-7-3-2-6-27(28)29)34-26-14-8-22(9-15-26)16-19-36-17-4-1-5-18-36/h2-3,6-15,21,29H,1,4-5,16-20H2,(H,33,34,35)/t29-/m1/s1. The maximum atomic E-state index is 4.98. The SMILES string of the molecule is Brc1ccc([C@H]2Cc3cnc(Nc4ccc(CCN5CCCCC5)cc4)nc3-c3ccccc32)cc1. The van der Waals surface area contributed by atoms with Crippen LogP contribution in [0.4, 0.5) is 11.6 Å². The van der Waals surface area contributed by atoms with Gasteiger partial charge >= 0.3 is 0 Å². The van der Waals surface area contributed by atoms with Crippen LogP contribution >= 0.6 is 15.9 Å². The largest absolute Gasteiger partial charge is 0.324 e. The van der Waals surface area contributed by atoms with Crippen molar-refractivity contribution in [3.63, 3.8) is 0 Å². The van der Waals surface area contributed by atoms with Gasteiger partial charge in [-0.1, -0.05) is 70.9 Å². The van der Waals surface area contributed by atoms with Gasteiger partial charge in [-0.3, -0.25) is 0 Å². The molecule has 0 saturated carbocycles. The van der Waals surface area contributed by atoms with E-state index >= 15 is 0 Å². The van der Waals surface area contributed by atoms with Crippen molar-refractivity contribution in [1.29, 1.82) is 0 Å². The Morgan fingerprint density at radius 1 is 0.889 bits per heavy atom. The molecule has 0 amide bonds. The van der Waals surface area contributed by atoms with Gasteiger partial charge in [0.1, 0.15) is 0 Å². The fourth-order valence-corrected chi connectivity index (χ4v) is 5.81. The third-order valence-electron chi connectivity index (χ3n) is 7.53. The highest BCUT2D eigenvalue weighted by Crippen LogP contribution is 2.42. The van der Waals surface area contributed by atoms with Gasteiger partial charge in [0.05, 0.1) is 5.69 Å². The third-order valence-corrected chi connectivity index (χ3v) is 8.06. The third kappa shape index (κ3) is 5.09. The smallest absolute Gasteiger partial charge is 0.227 e. The molecule has 1 N–H and O–H groups in total. The van der Waals surface area contributed by atoms with Crippen LogP contribution in [0.2, 0.25) is 0 Å². The van der Waals surface area contributed by atoms with Crippen molar-refractivity contribution in [2.75, 3.05) is 25.0 Å². The van der Waals surface area contributed by atoms with E-state index in [-0.39, 0.29) is 0 Å².